The van der Waals surface area contributed by atoms with Crippen molar-refractivity contribution in [3.63, 3.8) is 0 Å². The third kappa shape index (κ3) is 4.23. The predicted molar refractivity (Wildman–Crippen MR) is 72.6 cm³/mol. The summed E-state index contributed by atoms with van der Waals surface area (Å²) in [6.45, 7) is 0. The van der Waals surface area contributed by atoms with E-state index < -0.39 is 12.0 Å². The van der Waals surface area contributed by atoms with E-state index in [1.807, 2.05) is 0 Å². The van der Waals surface area contributed by atoms with Crippen LogP contribution in [0, 0.1) is 11.7 Å². The Morgan fingerprint density at radius 2 is 2.11 bits per heavy atom. The van der Waals surface area contributed by atoms with E-state index in [-0.39, 0.29) is 5.82 Å². The lowest BCUT2D eigenvalue weighted by Crippen LogP contribution is -2.32. The number of hydrogen-bond donors (Lipinski definition) is 2. The number of carbonyl (C=O) groups is 1. The molecule has 0 saturated heterocycles. The highest BCUT2D eigenvalue weighted by Gasteiger charge is 2.23. The van der Waals surface area contributed by atoms with E-state index in [9.17, 15) is 14.3 Å². The lowest BCUT2D eigenvalue weighted by molar-refractivity contribution is -0.138. The SMILES string of the molecule is O=C(O)C(CC1CCCCC1)Nc1cccc(F)c1. The summed E-state index contributed by atoms with van der Waals surface area (Å²) >= 11 is 0. The lowest BCUT2D eigenvalue weighted by atomic mass is 9.85. The molecule has 0 bridgehead atoms. The third-order valence-electron chi connectivity index (χ3n) is 3.76. The fourth-order valence-electron chi connectivity index (χ4n) is 2.76. The maximum atomic E-state index is 13.1. The quantitative estimate of drug-likeness (QED) is 0.854. The number of halogens is 1. The van der Waals surface area contributed by atoms with Crippen LogP contribution in [0.2, 0.25) is 0 Å². The number of rotatable bonds is 5. The van der Waals surface area contributed by atoms with Crippen molar-refractivity contribution in [2.75, 3.05) is 5.32 Å². The van der Waals surface area contributed by atoms with E-state index >= 15 is 0 Å². The number of carboxylic acid groups (broad SMARTS) is 1. The molecule has 3 nitrogen and oxygen atoms in total. The summed E-state index contributed by atoms with van der Waals surface area (Å²) in [5.74, 6) is -0.752. The van der Waals surface area contributed by atoms with Crippen molar-refractivity contribution in [1.29, 1.82) is 0 Å². The molecule has 1 aromatic rings. The van der Waals surface area contributed by atoms with Crippen LogP contribution < -0.4 is 5.32 Å². The van der Waals surface area contributed by atoms with Crippen molar-refractivity contribution in [2.24, 2.45) is 5.92 Å². The molecule has 2 N–H and O–H groups in total. The summed E-state index contributed by atoms with van der Waals surface area (Å²) in [5, 5.41) is 12.2. The number of nitrogens with one attached hydrogen (secondary N) is 1. The minimum Gasteiger partial charge on any atom is -0.480 e. The molecule has 1 atom stereocenters. The average Bonchev–Trinajstić information content (AvgIpc) is 2.39. The van der Waals surface area contributed by atoms with E-state index in [1.165, 1.54) is 31.4 Å². The van der Waals surface area contributed by atoms with Gasteiger partial charge in [-0.05, 0) is 30.5 Å². The molecule has 4 heteroatoms. The van der Waals surface area contributed by atoms with Crippen LogP contribution in [0.25, 0.3) is 0 Å². The van der Waals surface area contributed by atoms with Crippen LogP contribution in [0.5, 0.6) is 0 Å². The van der Waals surface area contributed by atoms with Gasteiger partial charge < -0.3 is 10.4 Å². The largest absolute Gasteiger partial charge is 0.480 e. The minimum absolute atomic E-state index is 0.355. The van der Waals surface area contributed by atoms with Gasteiger partial charge >= 0.3 is 5.97 Å². The molecule has 2 rings (SSSR count). The molecule has 1 aliphatic rings. The Hall–Kier alpha value is -1.58. The van der Waals surface area contributed by atoms with Crippen LogP contribution in [0.3, 0.4) is 0 Å². The fourth-order valence-corrected chi connectivity index (χ4v) is 2.76. The zero-order valence-electron chi connectivity index (χ0n) is 10.9. The summed E-state index contributed by atoms with van der Waals surface area (Å²) in [4.78, 5) is 11.3. The first-order valence-electron chi connectivity index (χ1n) is 6.90. The van der Waals surface area contributed by atoms with Gasteiger partial charge in [0.15, 0.2) is 0 Å². The van der Waals surface area contributed by atoms with E-state index in [1.54, 1.807) is 12.1 Å². The molecular weight excluding hydrogens is 245 g/mol. The topological polar surface area (TPSA) is 49.3 Å². The van der Waals surface area contributed by atoms with Gasteiger partial charge in [-0.2, -0.15) is 0 Å². The maximum Gasteiger partial charge on any atom is 0.326 e. The Bertz CT molecular complexity index is 430. The van der Waals surface area contributed by atoms with Crippen LogP contribution in [0.4, 0.5) is 10.1 Å². The number of aliphatic carboxylic acids is 1. The monoisotopic (exact) mass is 265 g/mol. The van der Waals surface area contributed by atoms with Crippen LogP contribution in [-0.4, -0.2) is 17.1 Å². The molecule has 1 unspecified atom stereocenters. The maximum absolute atomic E-state index is 13.1. The first kappa shape index (κ1) is 13.8. The van der Waals surface area contributed by atoms with Crippen LogP contribution in [0.1, 0.15) is 38.5 Å². The van der Waals surface area contributed by atoms with Crippen molar-refractivity contribution in [3.8, 4) is 0 Å². The van der Waals surface area contributed by atoms with Gasteiger partial charge in [0, 0.05) is 5.69 Å². The van der Waals surface area contributed by atoms with Gasteiger partial charge in [-0.3, -0.25) is 0 Å². The minimum atomic E-state index is -0.866. The normalized spacial score (nSPS) is 17.9. The molecule has 1 aromatic carbocycles. The van der Waals surface area contributed by atoms with Gasteiger partial charge in [-0.25, -0.2) is 9.18 Å². The van der Waals surface area contributed by atoms with Gasteiger partial charge in [0.1, 0.15) is 11.9 Å². The first-order chi connectivity index (χ1) is 9.15. The number of carboxylic acids is 1. The average molecular weight is 265 g/mol. The highest BCUT2D eigenvalue weighted by molar-refractivity contribution is 5.77. The Balaban J connectivity index is 1.97. The molecule has 1 saturated carbocycles. The lowest BCUT2D eigenvalue weighted by Gasteiger charge is -2.25. The standard InChI is InChI=1S/C15H20FNO2/c16-12-7-4-8-13(10-12)17-14(15(18)19)9-11-5-2-1-3-6-11/h4,7-8,10-11,14,17H,1-3,5-6,9H2,(H,18,19). The summed E-state index contributed by atoms with van der Waals surface area (Å²) < 4.78 is 13.1. The highest BCUT2D eigenvalue weighted by Crippen LogP contribution is 2.28. The van der Waals surface area contributed by atoms with Gasteiger partial charge in [0.05, 0.1) is 0 Å². The summed E-state index contributed by atoms with van der Waals surface area (Å²) in [7, 11) is 0. The highest BCUT2D eigenvalue weighted by atomic mass is 19.1. The summed E-state index contributed by atoms with van der Waals surface area (Å²) in [5.41, 5.74) is 0.531. The van der Waals surface area contributed by atoms with Crippen molar-refractivity contribution in [3.05, 3.63) is 30.1 Å². The van der Waals surface area contributed by atoms with E-state index in [0.717, 1.165) is 12.8 Å². The number of hydrogen-bond acceptors (Lipinski definition) is 2. The van der Waals surface area contributed by atoms with Crippen LogP contribution >= 0.6 is 0 Å². The van der Waals surface area contributed by atoms with Crippen molar-refractivity contribution < 1.29 is 14.3 Å². The molecule has 19 heavy (non-hydrogen) atoms. The second-order valence-corrected chi connectivity index (χ2v) is 5.29. The molecule has 0 radical (unpaired) electrons. The second kappa shape index (κ2) is 6.55. The second-order valence-electron chi connectivity index (χ2n) is 5.29. The molecule has 0 amide bonds. The van der Waals surface area contributed by atoms with E-state index in [2.05, 4.69) is 5.32 Å². The molecule has 0 spiro atoms. The van der Waals surface area contributed by atoms with Gasteiger partial charge in [-0.15, -0.1) is 0 Å². The third-order valence-corrected chi connectivity index (χ3v) is 3.76. The Morgan fingerprint density at radius 3 is 2.74 bits per heavy atom. The number of benzene rings is 1. The number of anilines is 1. The van der Waals surface area contributed by atoms with Crippen molar-refractivity contribution in [1.82, 2.24) is 0 Å². The zero-order valence-corrected chi connectivity index (χ0v) is 10.9. The Kier molecular flexibility index (Phi) is 4.77. The summed E-state index contributed by atoms with van der Waals surface area (Å²) in [6.07, 6.45) is 6.47. The molecule has 0 heterocycles. The van der Waals surface area contributed by atoms with Crippen LogP contribution in [0.15, 0.2) is 24.3 Å². The van der Waals surface area contributed by atoms with Crippen LogP contribution in [-0.2, 0) is 4.79 Å². The predicted octanol–water partition coefficient (Wildman–Crippen LogP) is 3.66. The molecule has 0 aromatic heterocycles. The smallest absolute Gasteiger partial charge is 0.326 e. The van der Waals surface area contributed by atoms with E-state index in [0.29, 0.717) is 18.0 Å². The van der Waals surface area contributed by atoms with Gasteiger partial charge in [0.2, 0.25) is 0 Å². The zero-order chi connectivity index (χ0) is 13.7. The van der Waals surface area contributed by atoms with Crippen molar-refractivity contribution in [2.45, 2.75) is 44.6 Å². The van der Waals surface area contributed by atoms with Gasteiger partial charge in [-0.1, -0.05) is 38.2 Å². The molecule has 1 fully saturated rings. The first-order valence-corrected chi connectivity index (χ1v) is 6.90. The van der Waals surface area contributed by atoms with Gasteiger partial charge in [0.25, 0.3) is 0 Å². The molecule has 1 aliphatic carbocycles. The molecule has 104 valence electrons. The van der Waals surface area contributed by atoms with Crippen molar-refractivity contribution >= 4 is 11.7 Å². The van der Waals surface area contributed by atoms with E-state index in [4.69, 9.17) is 0 Å². The Labute approximate surface area is 112 Å². The Morgan fingerprint density at radius 1 is 1.37 bits per heavy atom. The molecular formula is C15H20FNO2. The fraction of sp³-hybridized carbons (Fsp3) is 0.533. The summed E-state index contributed by atoms with van der Waals surface area (Å²) in [6, 6.07) is 5.32. The molecule has 0 aliphatic heterocycles.